The Morgan fingerprint density at radius 1 is 1.07 bits per heavy atom. The molecule has 2 unspecified atom stereocenters. The molecule has 4 aromatic rings. The number of fused-ring (bicyclic) bond motifs is 1. The summed E-state index contributed by atoms with van der Waals surface area (Å²) < 4.78 is 46.8. The second-order valence-electron chi connectivity index (χ2n) is 10.1. The fraction of sp³-hybridized carbons (Fsp3) is 0.241. The highest BCUT2D eigenvalue weighted by Gasteiger charge is 2.31. The molecule has 3 aromatic carbocycles. The number of nitrogens with one attached hydrogen (secondary N) is 2. The van der Waals surface area contributed by atoms with Gasteiger partial charge in [0.25, 0.3) is 21.5 Å². The van der Waals surface area contributed by atoms with E-state index in [-0.39, 0.29) is 33.0 Å². The maximum absolute atomic E-state index is 14.4. The number of para-hydroxylation sites is 1. The normalized spacial score (nSPS) is 16.7. The van der Waals surface area contributed by atoms with Gasteiger partial charge in [0.05, 0.1) is 27.5 Å². The zero-order chi connectivity index (χ0) is 29.6. The summed E-state index contributed by atoms with van der Waals surface area (Å²) in [6.45, 7) is 3.56. The molecule has 12 heteroatoms. The number of nitrogens with zero attached hydrogens (tertiary/aromatic N) is 2. The highest BCUT2D eigenvalue weighted by molar-refractivity contribution is 7.92. The van der Waals surface area contributed by atoms with Crippen LogP contribution in [0.2, 0.25) is 10.0 Å². The Morgan fingerprint density at radius 2 is 1.78 bits per heavy atom. The predicted molar refractivity (Wildman–Crippen MR) is 157 cm³/mol. The van der Waals surface area contributed by atoms with Gasteiger partial charge in [0.1, 0.15) is 16.4 Å². The summed E-state index contributed by atoms with van der Waals surface area (Å²) in [5, 5.41) is 2.45. The van der Waals surface area contributed by atoms with Crippen molar-refractivity contribution in [2.45, 2.75) is 37.6 Å². The predicted octanol–water partition coefficient (Wildman–Crippen LogP) is 5.78. The Bertz CT molecular complexity index is 1840. The van der Waals surface area contributed by atoms with E-state index in [1.807, 2.05) is 6.92 Å². The van der Waals surface area contributed by atoms with Gasteiger partial charge < -0.3 is 5.32 Å². The van der Waals surface area contributed by atoms with Gasteiger partial charge in [0.15, 0.2) is 0 Å². The number of carbonyl (C=O) groups is 1. The summed E-state index contributed by atoms with van der Waals surface area (Å²) in [6, 6.07) is 15.4. The molecule has 1 aromatic heterocycles. The van der Waals surface area contributed by atoms with Crippen molar-refractivity contribution in [2.24, 2.45) is 13.0 Å². The standard InChI is InChI=1S/C29H27Cl2FN4O4S/c1-16-12-13-20-21(10-7-11-23(20)32)26(16)33-28(37)18-14-22(30)25(31)24(15-18)41(39,40)34-27-17(2)35(3)36(29(27)38)19-8-5-4-6-9-19/h4-11,14-16,26,34H,12-13H2,1-3H3,(H,33,37). The van der Waals surface area contributed by atoms with Crippen LogP contribution >= 0.6 is 23.2 Å². The third-order valence-corrected chi connectivity index (χ3v) is 9.82. The monoisotopic (exact) mass is 616 g/mol. The van der Waals surface area contributed by atoms with Gasteiger partial charge in [-0.3, -0.25) is 19.0 Å². The van der Waals surface area contributed by atoms with Crippen molar-refractivity contribution in [3.8, 4) is 5.69 Å². The number of halogens is 3. The topological polar surface area (TPSA) is 102 Å². The average molecular weight is 618 g/mol. The number of aromatic nitrogens is 2. The van der Waals surface area contributed by atoms with Crippen molar-refractivity contribution in [1.29, 1.82) is 0 Å². The highest BCUT2D eigenvalue weighted by Crippen LogP contribution is 2.37. The van der Waals surface area contributed by atoms with Crippen LogP contribution in [0.5, 0.6) is 0 Å². The quantitative estimate of drug-likeness (QED) is 0.286. The van der Waals surface area contributed by atoms with E-state index in [1.165, 1.54) is 21.5 Å². The number of carbonyl (C=O) groups excluding carboxylic acids is 1. The summed E-state index contributed by atoms with van der Waals surface area (Å²) in [5.74, 6) is -0.921. The molecule has 2 atom stereocenters. The summed E-state index contributed by atoms with van der Waals surface area (Å²) >= 11 is 12.6. The van der Waals surface area contributed by atoms with Gasteiger partial charge in [0.2, 0.25) is 0 Å². The lowest BCUT2D eigenvalue weighted by molar-refractivity contribution is 0.0918. The Hall–Kier alpha value is -3.60. The van der Waals surface area contributed by atoms with E-state index in [9.17, 15) is 22.4 Å². The van der Waals surface area contributed by atoms with Crippen molar-refractivity contribution < 1.29 is 17.6 Å². The lowest BCUT2D eigenvalue weighted by Crippen LogP contribution is -2.36. The van der Waals surface area contributed by atoms with E-state index >= 15 is 0 Å². The third-order valence-electron chi connectivity index (χ3n) is 7.53. The van der Waals surface area contributed by atoms with E-state index in [1.54, 1.807) is 56.4 Å². The SMILES string of the molecule is Cc1c(NS(=O)(=O)c2cc(C(=O)NC3c4cccc(F)c4CCC3C)cc(Cl)c2Cl)c(=O)n(-c2ccccc2)n1C. The lowest BCUT2D eigenvalue weighted by atomic mass is 9.80. The minimum Gasteiger partial charge on any atom is -0.345 e. The minimum atomic E-state index is -4.47. The Morgan fingerprint density at radius 3 is 2.49 bits per heavy atom. The van der Waals surface area contributed by atoms with E-state index in [0.717, 1.165) is 6.07 Å². The fourth-order valence-electron chi connectivity index (χ4n) is 5.19. The molecule has 8 nitrogen and oxygen atoms in total. The summed E-state index contributed by atoms with van der Waals surface area (Å²) in [6.07, 6.45) is 1.22. The van der Waals surface area contributed by atoms with Crippen LogP contribution in [0.15, 0.2) is 70.4 Å². The van der Waals surface area contributed by atoms with Crippen LogP contribution < -0.4 is 15.6 Å². The van der Waals surface area contributed by atoms with Crippen molar-refractivity contribution >= 4 is 44.8 Å². The maximum Gasteiger partial charge on any atom is 0.296 e. The molecule has 0 fully saturated rings. The smallest absolute Gasteiger partial charge is 0.296 e. The van der Waals surface area contributed by atoms with Crippen LogP contribution in [-0.2, 0) is 23.5 Å². The molecule has 214 valence electrons. The minimum absolute atomic E-state index is 0.00809. The molecule has 1 heterocycles. The number of rotatable bonds is 6. The molecule has 2 N–H and O–H groups in total. The number of anilines is 1. The van der Waals surface area contributed by atoms with Gasteiger partial charge in [-0.2, -0.15) is 0 Å². The molecule has 0 aliphatic heterocycles. The summed E-state index contributed by atoms with van der Waals surface area (Å²) in [5.41, 5.74) is 1.32. The van der Waals surface area contributed by atoms with E-state index in [4.69, 9.17) is 23.2 Å². The molecular formula is C29H27Cl2FN4O4S. The summed E-state index contributed by atoms with van der Waals surface area (Å²) in [7, 11) is -2.84. The molecular weight excluding hydrogens is 590 g/mol. The van der Waals surface area contributed by atoms with E-state index in [2.05, 4.69) is 10.0 Å². The molecule has 1 aliphatic carbocycles. The van der Waals surface area contributed by atoms with E-state index in [0.29, 0.717) is 35.3 Å². The zero-order valence-electron chi connectivity index (χ0n) is 22.4. The second kappa shape index (κ2) is 11.0. The molecule has 0 saturated carbocycles. The molecule has 0 radical (unpaired) electrons. The van der Waals surface area contributed by atoms with Crippen molar-refractivity contribution in [1.82, 2.24) is 14.7 Å². The first kappa shape index (κ1) is 28.9. The molecule has 41 heavy (non-hydrogen) atoms. The van der Waals surface area contributed by atoms with Crippen LogP contribution in [0.4, 0.5) is 10.1 Å². The van der Waals surface area contributed by atoms with Crippen LogP contribution in [0.3, 0.4) is 0 Å². The number of sulfonamides is 1. The first-order chi connectivity index (χ1) is 19.4. The number of benzene rings is 3. The molecule has 1 aliphatic rings. The van der Waals surface area contributed by atoms with Gasteiger partial charge in [-0.1, -0.05) is 60.5 Å². The summed E-state index contributed by atoms with van der Waals surface area (Å²) in [4.78, 5) is 26.2. The van der Waals surface area contributed by atoms with Gasteiger partial charge >= 0.3 is 0 Å². The van der Waals surface area contributed by atoms with Crippen molar-refractivity contribution in [2.75, 3.05) is 4.72 Å². The van der Waals surface area contributed by atoms with Gasteiger partial charge in [-0.25, -0.2) is 17.5 Å². The highest BCUT2D eigenvalue weighted by atomic mass is 35.5. The van der Waals surface area contributed by atoms with Crippen LogP contribution in [-0.4, -0.2) is 23.7 Å². The Kier molecular flexibility index (Phi) is 7.76. The van der Waals surface area contributed by atoms with Crippen LogP contribution in [0.1, 0.15) is 46.6 Å². The number of amides is 1. The Balaban J connectivity index is 1.49. The Labute approximate surface area is 246 Å². The van der Waals surface area contributed by atoms with Crippen molar-refractivity contribution in [3.05, 3.63) is 109 Å². The largest absolute Gasteiger partial charge is 0.345 e. The molecule has 5 rings (SSSR count). The molecule has 0 saturated heterocycles. The average Bonchev–Trinajstić information content (AvgIpc) is 3.14. The maximum atomic E-state index is 14.4. The molecule has 1 amide bonds. The molecule has 0 spiro atoms. The van der Waals surface area contributed by atoms with Crippen molar-refractivity contribution in [3.63, 3.8) is 0 Å². The lowest BCUT2D eigenvalue weighted by Gasteiger charge is -2.32. The molecule has 0 bridgehead atoms. The van der Waals surface area contributed by atoms with Crippen LogP contribution in [0, 0.1) is 18.7 Å². The second-order valence-corrected chi connectivity index (χ2v) is 12.5. The van der Waals surface area contributed by atoms with Gasteiger partial charge in [-0.15, -0.1) is 0 Å². The number of hydrogen-bond acceptors (Lipinski definition) is 4. The van der Waals surface area contributed by atoms with Crippen LogP contribution in [0.25, 0.3) is 5.69 Å². The van der Waals surface area contributed by atoms with Gasteiger partial charge in [0, 0.05) is 12.6 Å². The zero-order valence-corrected chi connectivity index (χ0v) is 24.7. The first-order valence-electron chi connectivity index (χ1n) is 12.8. The first-order valence-corrected chi connectivity index (χ1v) is 15.1. The number of hydrogen-bond donors (Lipinski definition) is 2. The third kappa shape index (κ3) is 5.27. The van der Waals surface area contributed by atoms with Gasteiger partial charge in [-0.05, 0) is 67.1 Å². The van der Waals surface area contributed by atoms with E-state index < -0.39 is 32.4 Å². The fourth-order valence-corrected chi connectivity index (χ4v) is 7.12.